The van der Waals surface area contributed by atoms with E-state index < -0.39 is 0 Å². The Balaban J connectivity index is 1.37. The average molecular weight is 444 g/mol. The van der Waals surface area contributed by atoms with Gasteiger partial charge in [-0.05, 0) is 42.9 Å². The van der Waals surface area contributed by atoms with Gasteiger partial charge >= 0.3 is 0 Å². The third-order valence-corrected chi connectivity index (χ3v) is 7.68. The third kappa shape index (κ3) is 2.74. The van der Waals surface area contributed by atoms with E-state index in [-0.39, 0.29) is 35.5 Å². The lowest BCUT2D eigenvalue weighted by atomic mass is 9.85. The number of amides is 2. The number of hydrogen-bond acceptors (Lipinski definition) is 3. The Kier molecular flexibility index (Phi) is 4.37. The zero-order chi connectivity index (χ0) is 22.0. The number of rotatable bonds is 4. The van der Waals surface area contributed by atoms with Crippen LogP contribution < -0.4 is 0 Å². The molecule has 1 aromatic heterocycles. The van der Waals surface area contributed by atoms with Crippen molar-refractivity contribution in [2.75, 3.05) is 0 Å². The van der Waals surface area contributed by atoms with Crippen molar-refractivity contribution in [3.63, 3.8) is 0 Å². The molecule has 3 aliphatic rings. The first kappa shape index (κ1) is 19.5. The van der Waals surface area contributed by atoms with Crippen LogP contribution in [-0.4, -0.2) is 27.6 Å². The van der Waals surface area contributed by atoms with E-state index in [1.54, 1.807) is 6.21 Å². The zero-order valence-corrected chi connectivity index (χ0v) is 18.4. The van der Waals surface area contributed by atoms with E-state index in [9.17, 15) is 9.59 Å². The van der Waals surface area contributed by atoms with Crippen LogP contribution in [0.25, 0.3) is 10.9 Å². The molecule has 1 saturated heterocycles. The van der Waals surface area contributed by atoms with E-state index in [2.05, 4.69) is 27.9 Å². The maximum atomic E-state index is 13.0. The molecule has 5 nitrogen and oxygen atoms in total. The summed E-state index contributed by atoms with van der Waals surface area (Å²) in [6.07, 6.45) is 6.78. The van der Waals surface area contributed by atoms with Gasteiger partial charge in [-0.3, -0.25) is 9.59 Å². The maximum Gasteiger partial charge on any atom is 0.254 e. The van der Waals surface area contributed by atoms with E-state index in [0.29, 0.717) is 6.54 Å². The standard InChI is InChI=1S/C26H22ClN3O2/c1-15-20(13-28-30-25(31)23-16-10-11-17(12-16)24(23)26(30)32)19-7-3-5-9-22(19)29(15)14-18-6-2-4-8-21(18)27/h2-11,13,16-17,23-24H,12,14H2,1H3/b28-13-. The fourth-order valence-corrected chi connectivity index (χ4v) is 5.93. The molecule has 4 atom stereocenters. The quantitative estimate of drug-likeness (QED) is 0.330. The highest BCUT2D eigenvalue weighted by Crippen LogP contribution is 2.52. The second kappa shape index (κ2) is 7.17. The molecule has 0 spiro atoms. The van der Waals surface area contributed by atoms with E-state index in [4.69, 9.17) is 11.6 Å². The fourth-order valence-electron chi connectivity index (χ4n) is 5.74. The van der Waals surface area contributed by atoms with Crippen LogP contribution in [0.3, 0.4) is 0 Å². The van der Waals surface area contributed by atoms with E-state index in [0.717, 1.165) is 44.2 Å². The minimum Gasteiger partial charge on any atom is -0.340 e. The molecule has 0 N–H and O–H groups in total. The molecule has 2 fully saturated rings. The van der Waals surface area contributed by atoms with Gasteiger partial charge < -0.3 is 4.57 Å². The molecule has 1 aliphatic heterocycles. The van der Waals surface area contributed by atoms with Gasteiger partial charge in [0.15, 0.2) is 0 Å². The molecule has 4 unspecified atom stereocenters. The first-order chi connectivity index (χ1) is 15.5. The average Bonchev–Trinajstić information content (AvgIpc) is 3.53. The SMILES string of the molecule is Cc1c(/C=N\N2C(=O)C3C4C=CC(C4)C3C2=O)c2ccccc2n1Cc1ccccc1Cl. The van der Waals surface area contributed by atoms with Crippen LogP contribution in [0.1, 0.15) is 23.2 Å². The smallest absolute Gasteiger partial charge is 0.254 e. The molecule has 0 radical (unpaired) electrons. The molecule has 2 heterocycles. The van der Waals surface area contributed by atoms with Gasteiger partial charge in [0.25, 0.3) is 11.8 Å². The normalized spacial score (nSPS) is 26.2. The van der Waals surface area contributed by atoms with Gasteiger partial charge in [0, 0.05) is 33.7 Å². The second-order valence-corrected chi connectivity index (χ2v) is 9.33. The molecule has 2 aromatic carbocycles. The van der Waals surface area contributed by atoms with Gasteiger partial charge in [-0.1, -0.05) is 60.2 Å². The molecule has 2 bridgehead atoms. The Bertz CT molecular complexity index is 1310. The van der Waals surface area contributed by atoms with Crippen LogP contribution in [0.4, 0.5) is 0 Å². The van der Waals surface area contributed by atoms with Crippen molar-refractivity contribution in [3.05, 3.63) is 82.5 Å². The lowest BCUT2D eigenvalue weighted by Crippen LogP contribution is -2.28. The van der Waals surface area contributed by atoms with Gasteiger partial charge in [0.1, 0.15) is 0 Å². The zero-order valence-electron chi connectivity index (χ0n) is 17.6. The number of benzene rings is 2. The van der Waals surface area contributed by atoms with E-state index in [1.807, 2.05) is 49.4 Å². The molecule has 1 saturated carbocycles. The summed E-state index contributed by atoms with van der Waals surface area (Å²) in [4.78, 5) is 26.0. The monoisotopic (exact) mass is 443 g/mol. The summed E-state index contributed by atoms with van der Waals surface area (Å²) >= 11 is 6.41. The van der Waals surface area contributed by atoms with Crippen LogP contribution in [0.5, 0.6) is 0 Å². The maximum absolute atomic E-state index is 13.0. The minimum absolute atomic E-state index is 0.162. The highest BCUT2D eigenvalue weighted by atomic mass is 35.5. The van der Waals surface area contributed by atoms with Crippen molar-refractivity contribution in [2.45, 2.75) is 19.9 Å². The van der Waals surface area contributed by atoms with Crippen LogP contribution in [0.2, 0.25) is 5.02 Å². The summed E-state index contributed by atoms with van der Waals surface area (Å²) in [5, 5.41) is 7.29. The minimum atomic E-state index is -0.239. The topological polar surface area (TPSA) is 54.7 Å². The molecular formula is C26H22ClN3O2. The van der Waals surface area contributed by atoms with Gasteiger partial charge in [0.05, 0.1) is 18.1 Å². The number of carbonyl (C=O) groups is 2. The van der Waals surface area contributed by atoms with Crippen molar-refractivity contribution >= 4 is 40.5 Å². The first-order valence-electron chi connectivity index (χ1n) is 11.0. The van der Waals surface area contributed by atoms with Gasteiger partial charge in [0.2, 0.25) is 0 Å². The summed E-state index contributed by atoms with van der Waals surface area (Å²) < 4.78 is 2.20. The summed E-state index contributed by atoms with van der Waals surface area (Å²) in [6, 6.07) is 15.9. The number of imide groups is 1. The van der Waals surface area contributed by atoms with Gasteiger partial charge in [-0.15, -0.1) is 0 Å². The molecule has 6 rings (SSSR count). The van der Waals surface area contributed by atoms with Crippen LogP contribution >= 0.6 is 11.6 Å². The molecule has 2 amide bonds. The summed E-state index contributed by atoms with van der Waals surface area (Å²) in [7, 11) is 0. The van der Waals surface area contributed by atoms with E-state index >= 15 is 0 Å². The molecular weight excluding hydrogens is 422 g/mol. The van der Waals surface area contributed by atoms with Crippen LogP contribution in [-0.2, 0) is 16.1 Å². The molecule has 3 aromatic rings. The third-order valence-electron chi connectivity index (χ3n) is 7.32. The lowest BCUT2D eigenvalue weighted by molar-refractivity contribution is -0.140. The van der Waals surface area contributed by atoms with Crippen molar-refractivity contribution in [1.82, 2.24) is 9.58 Å². The number of hydrogen-bond donors (Lipinski definition) is 0. The Morgan fingerprint density at radius 3 is 2.38 bits per heavy atom. The largest absolute Gasteiger partial charge is 0.340 e. The summed E-state index contributed by atoms with van der Waals surface area (Å²) in [6.45, 7) is 2.66. The number of allylic oxidation sites excluding steroid dienone is 2. The van der Waals surface area contributed by atoms with Gasteiger partial charge in [-0.2, -0.15) is 10.1 Å². The van der Waals surface area contributed by atoms with Crippen LogP contribution in [0.15, 0.2) is 65.8 Å². The first-order valence-corrected chi connectivity index (χ1v) is 11.3. The Morgan fingerprint density at radius 1 is 1.00 bits per heavy atom. The number of para-hydroxylation sites is 1. The Hall–Kier alpha value is -3.18. The van der Waals surface area contributed by atoms with E-state index in [1.165, 1.54) is 0 Å². The predicted octanol–water partition coefficient (Wildman–Crippen LogP) is 4.79. The summed E-state index contributed by atoms with van der Waals surface area (Å²) in [5.74, 6) is -0.437. The highest BCUT2D eigenvalue weighted by molar-refractivity contribution is 6.31. The number of carbonyl (C=O) groups excluding carboxylic acids is 2. The molecule has 160 valence electrons. The van der Waals surface area contributed by atoms with Crippen molar-refractivity contribution in [1.29, 1.82) is 0 Å². The number of hydrazone groups is 1. The molecule has 2 aliphatic carbocycles. The Morgan fingerprint density at radius 2 is 1.66 bits per heavy atom. The number of aromatic nitrogens is 1. The Labute approximate surface area is 191 Å². The van der Waals surface area contributed by atoms with Gasteiger partial charge in [-0.25, -0.2) is 0 Å². The van der Waals surface area contributed by atoms with Crippen molar-refractivity contribution in [3.8, 4) is 0 Å². The van der Waals surface area contributed by atoms with Crippen LogP contribution in [0, 0.1) is 30.6 Å². The second-order valence-electron chi connectivity index (χ2n) is 8.93. The summed E-state index contributed by atoms with van der Waals surface area (Å²) in [5.41, 5.74) is 4.01. The number of halogens is 1. The highest BCUT2D eigenvalue weighted by Gasteiger charge is 2.59. The fraction of sp³-hybridized carbons (Fsp3) is 0.269. The number of nitrogens with zero attached hydrogens (tertiary/aromatic N) is 3. The van der Waals surface area contributed by atoms with Crippen molar-refractivity contribution in [2.24, 2.45) is 28.8 Å². The number of fused-ring (bicyclic) bond motifs is 6. The molecule has 32 heavy (non-hydrogen) atoms. The van der Waals surface area contributed by atoms with Crippen molar-refractivity contribution < 1.29 is 9.59 Å². The molecule has 6 heteroatoms. The predicted molar refractivity (Wildman–Crippen MR) is 124 cm³/mol. The lowest BCUT2D eigenvalue weighted by Gasteiger charge is -2.13.